The smallest absolute Gasteiger partial charge is 0.339 e. The van der Waals surface area contributed by atoms with Crippen LogP contribution in [0.3, 0.4) is 0 Å². The monoisotopic (exact) mass is 808 g/mol. The Morgan fingerprint density at radius 1 is 0.831 bits per heavy atom. The summed E-state index contributed by atoms with van der Waals surface area (Å²) in [6, 6.07) is 18.4. The normalized spacial score (nSPS) is 11.6. The van der Waals surface area contributed by atoms with E-state index in [1.807, 2.05) is 58.0 Å². The fraction of sp³-hybridized carbons (Fsp3) is 0.333. The van der Waals surface area contributed by atoms with Crippen molar-refractivity contribution in [2.45, 2.75) is 27.7 Å². The molecule has 0 unspecified atom stereocenters. The van der Waals surface area contributed by atoms with Gasteiger partial charge in [-0.25, -0.2) is 4.79 Å². The maximum absolute atomic E-state index is 13.6. The van der Waals surface area contributed by atoms with Crippen LogP contribution in [0.1, 0.15) is 40.9 Å². The van der Waals surface area contributed by atoms with Gasteiger partial charge in [0.25, 0.3) is 5.91 Å². The van der Waals surface area contributed by atoms with Gasteiger partial charge in [0.2, 0.25) is 11.7 Å². The highest BCUT2D eigenvalue weighted by molar-refractivity contribution is 6.08. The fourth-order valence-corrected chi connectivity index (χ4v) is 6.41. The number of amides is 2. The van der Waals surface area contributed by atoms with Crippen LogP contribution in [-0.2, 0) is 23.8 Å². The van der Waals surface area contributed by atoms with Gasteiger partial charge in [0.05, 0.1) is 51.6 Å². The molecule has 0 atom stereocenters. The lowest BCUT2D eigenvalue weighted by atomic mass is 9.89. The number of nitrogens with one attached hydrogen (secondary N) is 3. The molecule has 1 aliphatic heterocycles. The summed E-state index contributed by atoms with van der Waals surface area (Å²) in [4.78, 5) is 43.1. The van der Waals surface area contributed by atoms with E-state index in [0.29, 0.717) is 34.6 Å². The van der Waals surface area contributed by atoms with Crippen molar-refractivity contribution in [3.8, 4) is 39.7 Å². The van der Waals surface area contributed by atoms with Crippen molar-refractivity contribution < 1.29 is 47.6 Å². The zero-order valence-electron chi connectivity index (χ0n) is 34.4. The molecule has 14 nitrogen and oxygen atoms in total. The van der Waals surface area contributed by atoms with E-state index >= 15 is 0 Å². The topological polar surface area (TPSA) is 179 Å². The second-order valence-electron chi connectivity index (χ2n) is 13.4. The molecule has 0 bridgehead atoms. The number of rotatable bonds is 20. The Balaban J connectivity index is 1.09. The van der Waals surface area contributed by atoms with Crippen LogP contribution < -0.4 is 30.8 Å². The third-order valence-corrected chi connectivity index (χ3v) is 9.25. The minimum atomic E-state index is -0.632. The van der Waals surface area contributed by atoms with E-state index in [4.69, 9.17) is 28.1 Å². The van der Waals surface area contributed by atoms with Crippen molar-refractivity contribution in [1.29, 1.82) is 0 Å². The molecule has 312 valence electrons. The number of phenolic OH excluding ortho intramolecular Hbond substituents is 1. The zero-order chi connectivity index (χ0) is 42.3. The molecule has 1 aliphatic carbocycles. The van der Waals surface area contributed by atoms with Crippen LogP contribution in [-0.4, -0.2) is 96.3 Å². The highest BCUT2D eigenvalue weighted by Gasteiger charge is 2.24. The molecule has 4 N–H and O–H groups in total. The number of esters is 1. The van der Waals surface area contributed by atoms with Crippen molar-refractivity contribution in [2.24, 2.45) is 4.99 Å². The van der Waals surface area contributed by atoms with Crippen LogP contribution in [0.25, 0.3) is 39.5 Å². The van der Waals surface area contributed by atoms with Gasteiger partial charge in [0, 0.05) is 66.6 Å². The van der Waals surface area contributed by atoms with Gasteiger partial charge in [-0.3, -0.25) is 14.6 Å². The first-order valence-electron chi connectivity index (χ1n) is 19.4. The lowest BCUT2D eigenvalue weighted by molar-refractivity contribution is -0.124. The lowest BCUT2D eigenvalue weighted by Crippen LogP contribution is -2.32. The first kappa shape index (κ1) is 43.7. The molecule has 3 aromatic carbocycles. The molecule has 0 saturated heterocycles. The Morgan fingerprint density at radius 2 is 1.53 bits per heavy atom. The first-order chi connectivity index (χ1) is 28.6. The average molecular weight is 809 g/mol. The van der Waals surface area contributed by atoms with Crippen LogP contribution in [0.15, 0.2) is 76.1 Å². The van der Waals surface area contributed by atoms with E-state index in [9.17, 15) is 19.5 Å². The molecular weight excluding hydrogens is 757 g/mol. The summed E-state index contributed by atoms with van der Waals surface area (Å²) >= 11 is 0. The number of carbonyl (C=O) groups is 3. The molecule has 0 radical (unpaired) electrons. The predicted molar refractivity (Wildman–Crippen MR) is 226 cm³/mol. The van der Waals surface area contributed by atoms with Crippen LogP contribution in [0.4, 0.5) is 5.69 Å². The van der Waals surface area contributed by atoms with E-state index in [0.717, 1.165) is 45.2 Å². The van der Waals surface area contributed by atoms with Gasteiger partial charge in [-0.05, 0) is 86.4 Å². The Morgan fingerprint density at radius 3 is 2.20 bits per heavy atom. The molecule has 5 rings (SSSR count). The minimum absolute atomic E-state index is 0.119. The van der Waals surface area contributed by atoms with E-state index in [2.05, 4.69) is 27.0 Å². The zero-order valence-corrected chi connectivity index (χ0v) is 34.4. The number of benzene rings is 4. The molecule has 2 aliphatic rings. The molecule has 0 spiro atoms. The molecule has 0 aromatic heterocycles. The number of hydrogen-bond donors (Lipinski definition) is 4. The molecule has 0 fully saturated rings. The summed E-state index contributed by atoms with van der Waals surface area (Å²) in [5, 5.41) is 20.5. The molecule has 3 aromatic rings. The number of fused-ring (bicyclic) bond motifs is 2. The van der Waals surface area contributed by atoms with Crippen LogP contribution in [0, 0.1) is 13.8 Å². The summed E-state index contributed by atoms with van der Waals surface area (Å²) in [5.41, 5.74) is 6.86. The molecular formula is C45H52N4O10. The number of phenols is 1. The summed E-state index contributed by atoms with van der Waals surface area (Å²) in [6.45, 7) is 10.5. The van der Waals surface area contributed by atoms with Gasteiger partial charge in [-0.1, -0.05) is 18.2 Å². The molecule has 59 heavy (non-hydrogen) atoms. The van der Waals surface area contributed by atoms with Crippen molar-refractivity contribution >= 4 is 40.5 Å². The molecule has 1 heterocycles. The number of ether oxygens (including phenoxy) is 5. The van der Waals surface area contributed by atoms with Gasteiger partial charge < -0.3 is 49.2 Å². The second-order valence-corrected chi connectivity index (χ2v) is 13.4. The number of aryl methyl sites for hydroxylation is 2. The predicted octanol–water partition coefficient (Wildman–Crippen LogP) is 6.03. The minimum Gasteiger partial charge on any atom is -0.502 e. The summed E-state index contributed by atoms with van der Waals surface area (Å²) in [5.74, 6) is -0.441. The summed E-state index contributed by atoms with van der Waals surface area (Å²) in [6.07, 6.45) is 2.93. The Labute approximate surface area is 343 Å². The highest BCUT2D eigenvalue weighted by atomic mass is 16.5. The fourth-order valence-electron chi connectivity index (χ4n) is 6.41. The summed E-state index contributed by atoms with van der Waals surface area (Å²) < 4.78 is 33.3. The van der Waals surface area contributed by atoms with Crippen molar-refractivity contribution in [3.63, 3.8) is 0 Å². The molecule has 0 saturated carbocycles. The Bertz CT molecular complexity index is 2310. The SMILES string of the molecule is CC/N=c1\cc2oc3cc(NCC)c(C)cc3c(-c3ccccc3C(=O)OCC(=O)NCCOCCOCCNC(=O)/C=C/c3cc(OC)c(O)c(OC)c3)c-2cc1C. The van der Waals surface area contributed by atoms with Gasteiger partial charge in [0.15, 0.2) is 18.1 Å². The highest BCUT2D eigenvalue weighted by Crippen LogP contribution is 2.43. The van der Waals surface area contributed by atoms with E-state index in [1.165, 1.54) is 20.3 Å². The lowest BCUT2D eigenvalue weighted by Gasteiger charge is -2.19. The van der Waals surface area contributed by atoms with Gasteiger partial charge >= 0.3 is 5.97 Å². The Hall–Kier alpha value is -6.38. The van der Waals surface area contributed by atoms with Crippen molar-refractivity contribution in [3.05, 3.63) is 94.4 Å². The van der Waals surface area contributed by atoms with E-state index < -0.39 is 18.5 Å². The maximum Gasteiger partial charge on any atom is 0.339 e. The number of hydrogen-bond acceptors (Lipinski definition) is 12. The van der Waals surface area contributed by atoms with Crippen molar-refractivity contribution in [2.75, 3.05) is 78.7 Å². The first-order valence-corrected chi connectivity index (χ1v) is 19.4. The van der Waals surface area contributed by atoms with Crippen molar-refractivity contribution in [1.82, 2.24) is 10.6 Å². The largest absolute Gasteiger partial charge is 0.502 e. The number of methoxy groups -OCH3 is 2. The molecule has 2 amide bonds. The molecule has 14 heteroatoms. The van der Waals surface area contributed by atoms with Crippen LogP contribution in [0.2, 0.25) is 0 Å². The van der Waals surface area contributed by atoms with Crippen LogP contribution in [0.5, 0.6) is 17.2 Å². The standard InChI is InChI=1S/C45H52N4O10/c1-7-46-35-25-37-33(21-28(35)3)43(34-22-29(4)36(47-8-2)26-38(34)59-37)31-11-9-10-12-32(31)45(53)58-27-42(51)49-16-18-57-20-19-56-17-15-48-41(50)14-13-30-23-39(54-5)44(52)40(24-30)55-6/h9-14,21-26,46,52H,7-8,15-20,27H2,1-6H3,(H,48,50)(H,49,51)/b14-13+,47-36+. The number of carbonyl (C=O) groups excluding carboxylic acids is 3. The number of nitrogens with zero attached hydrogens (tertiary/aromatic N) is 1. The maximum atomic E-state index is 13.6. The van der Waals surface area contributed by atoms with Crippen LogP contribution >= 0.6 is 0 Å². The Kier molecular flexibility index (Phi) is 15.9. The van der Waals surface area contributed by atoms with E-state index in [-0.39, 0.29) is 62.7 Å². The third-order valence-electron chi connectivity index (χ3n) is 9.25. The van der Waals surface area contributed by atoms with Gasteiger partial charge in [-0.15, -0.1) is 0 Å². The average Bonchev–Trinajstić information content (AvgIpc) is 3.23. The quantitative estimate of drug-likeness (QED) is 0.0312. The van der Waals surface area contributed by atoms with Gasteiger partial charge in [-0.2, -0.15) is 0 Å². The number of aromatic hydroxyl groups is 1. The van der Waals surface area contributed by atoms with E-state index in [1.54, 1.807) is 30.3 Å². The number of anilines is 1. The third kappa shape index (κ3) is 11.4. The summed E-state index contributed by atoms with van der Waals surface area (Å²) in [7, 11) is 2.85. The second kappa shape index (κ2) is 21.4. The van der Waals surface area contributed by atoms with Gasteiger partial charge in [0.1, 0.15) is 11.3 Å².